The van der Waals surface area contributed by atoms with E-state index in [0.29, 0.717) is 18.1 Å². The molecule has 1 aliphatic heterocycles. The number of aromatic amines is 1. The fourth-order valence-corrected chi connectivity index (χ4v) is 2.21. The van der Waals surface area contributed by atoms with Crippen LogP contribution in [0.4, 0.5) is 0 Å². The molecule has 2 N–H and O–H groups in total. The van der Waals surface area contributed by atoms with Gasteiger partial charge in [0.05, 0.1) is 18.5 Å². The van der Waals surface area contributed by atoms with Crippen LogP contribution in [0.3, 0.4) is 0 Å². The highest BCUT2D eigenvalue weighted by Gasteiger charge is 2.23. The summed E-state index contributed by atoms with van der Waals surface area (Å²) in [5.41, 5.74) is 2.92. The Kier molecular flexibility index (Phi) is 3.00. The third kappa shape index (κ3) is 2.10. The van der Waals surface area contributed by atoms with Crippen LogP contribution in [-0.2, 0) is 17.7 Å². The van der Waals surface area contributed by atoms with Crippen molar-refractivity contribution in [1.82, 2.24) is 20.3 Å². The highest BCUT2D eigenvalue weighted by molar-refractivity contribution is 5.89. The Balaban J connectivity index is 2.16. The molecule has 0 fully saturated rings. The van der Waals surface area contributed by atoms with E-state index >= 15 is 0 Å². The van der Waals surface area contributed by atoms with Gasteiger partial charge in [-0.1, -0.05) is 0 Å². The molecule has 0 spiro atoms. The molecule has 3 heterocycles. The molecule has 98 valence electrons. The molecule has 0 unspecified atom stereocenters. The van der Waals surface area contributed by atoms with Crippen molar-refractivity contribution in [1.29, 1.82) is 0 Å². The first-order valence-electron chi connectivity index (χ1n) is 6.12. The molecule has 1 aliphatic rings. The molecule has 2 aromatic rings. The molecular formula is C13H14N4O2. The Hall–Kier alpha value is -2.21. The number of rotatable bonds is 2. The van der Waals surface area contributed by atoms with Crippen molar-refractivity contribution in [2.45, 2.75) is 13.0 Å². The van der Waals surface area contributed by atoms with Gasteiger partial charge < -0.3 is 15.0 Å². The summed E-state index contributed by atoms with van der Waals surface area (Å²) in [5, 5.41) is 3.25. The van der Waals surface area contributed by atoms with E-state index in [1.54, 1.807) is 6.20 Å². The Morgan fingerprint density at radius 2 is 2.32 bits per heavy atom. The summed E-state index contributed by atoms with van der Waals surface area (Å²) in [6, 6.07) is 3.74. The summed E-state index contributed by atoms with van der Waals surface area (Å²) in [5.74, 6) is 0.112. The Labute approximate surface area is 110 Å². The van der Waals surface area contributed by atoms with E-state index in [0.717, 1.165) is 29.9 Å². The average Bonchev–Trinajstić information content (AvgIpc) is 2.99. The number of carbonyl (C=O) groups excluding carboxylic acids is 1. The summed E-state index contributed by atoms with van der Waals surface area (Å²) in [6.45, 7) is 1.47. The smallest absolute Gasteiger partial charge is 0.357 e. The minimum absolute atomic E-state index is 0.374. The lowest BCUT2D eigenvalue weighted by Gasteiger charge is -2.18. The summed E-state index contributed by atoms with van der Waals surface area (Å²) in [4.78, 5) is 23.8. The van der Waals surface area contributed by atoms with Gasteiger partial charge >= 0.3 is 5.97 Å². The van der Waals surface area contributed by atoms with E-state index in [9.17, 15) is 4.79 Å². The van der Waals surface area contributed by atoms with Gasteiger partial charge in [0.25, 0.3) is 0 Å². The summed E-state index contributed by atoms with van der Waals surface area (Å²) < 4.78 is 4.81. The second kappa shape index (κ2) is 4.81. The third-order valence-electron chi connectivity index (χ3n) is 3.15. The van der Waals surface area contributed by atoms with Crippen molar-refractivity contribution in [2.24, 2.45) is 0 Å². The maximum atomic E-state index is 11.9. The molecule has 6 nitrogen and oxygen atoms in total. The van der Waals surface area contributed by atoms with E-state index in [-0.39, 0.29) is 0 Å². The normalized spacial score (nSPS) is 13.9. The van der Waals surface area contributed by atoms with Gasteiger partial charge in [0, 0.05) is 18.3 Å². The lowest BCUT2D eigenvalue weighted by Crippen LogP contribution is -2.28. The van der Waals surface area contributed by atoms with Gasteiger partial charge in [-0.05, 0) is 25.1 Å². The molecule has 2 aromatic heterocycles. The maximum Gasteiger partial charge on any atom is 0.357 e. The molecule has 0 atom stereocenters. The number of nitrogens with zero attached hydrogens (tertiary/aromatic N) is 2. The molecule has 0 aromatic carbocycles. The van der Waals surface area contributed by atoms with Crippen LogP contribution in [0.5, 0.6) is 0 Å². The maximum absolute atomic E-state index is 11.9. The zero-order valence-electron chi connectivity index (χ0n) is 10.6. The molecule has 0 saturated heterocycles. The van der Waals surface area contributed by atoms with Crippen molar-refractivity contribution >= 4 is 5.97 Å². The highest BCUT2D eigenvalue weighted by atomic mass is 16.5. The highest BCUT2D eigenvalue weighted by Crippen LogP contribution is 2.21. The number of H-pyrrole nitrogens is 1. The fourth-order valence-electron chi connectivity index (χ4n) is 2.21. The average molecular weight is 258 g/mol. The number of aromatic nitrogens is 3. The van der Waals surface area contributed by atoms with Crippen LogP contribution in [0.25, 0.3) is 11.5 Å². The van der Waals surface area contributed by atoms with E-state index in [2.05, 4.69) is 20.3 Å². The van der Waals surface area contributed by atoms with Crippen molar-refractivity contribution in [2.75, 3.05) is 13.7 Å². The Morgan fingerprint density at radius 3 is 3.05 bits per heavy atom. The quantitative estimate of drug-likeness (QED) is 0.782. The summed E-state index contributed by atoms with van der Waals surface area (Å²) in [6.07, 6.45) is 2.54. The predicted molar refractivity (Wildman–Crippen MR) is 68.6 cm³/mol. The van der Waals surface area contributed by atoms with Gasteiger partial charge in [-0.25, -0.2) is 14.8 Å². The molecular weight excluding hydrogens is 244 g/mol. The first-order valence-corrected chi connectivity index (χ1v) is 6.12. The number of hydrogen-bond donors (Lipinski definition) is 2. The summed E-state index contributed by atoms with van der Waals surface area (Å²) >= 11 is 0. The van der Waals surface area contributed by atoms with Gasteiger partial charge in [0.15, 0.2) is 11.5 Å². The van der Waals surface area contributed by atoms with E-state index in [1.165, 1.54) is 7.11 Å². The first-order chi connectivity index (χ1) is 9.29. The second-order valence-corrected chi connectivity index (χ2v) is 4.32. The fraction of sp³-hybridized carbons (Fsp3) is 0.308. The Bertz CT molecular complexity index is 607. The lowest BCUT2D eigenvalue weighted by molar-refractivity contribution is 0.0592. The molecule has 19 heavy (non-hydrogen) atoms. The molecule has 0 radical (unpaired) electrons. The zero-order chi connectivity index (χ0) is 13.2. The largest absolute Gasteiger partial charge is 0.464 e. The second-order valence-electron chi connectivity index (χ2n) is 4.32. The molecule has 0 saturated carbocycles. The number of fused-ring (bicyclic) bond motifs is 1. The minimum atomic E-state index is -0.409. The van der Waals surface area contributed by atoms with Crippen molar-refractivity contribution in [3.63, 3.8) is 0 Å². The van der Waals surface area contributed by atoms with Crippen molar-refractivity contribution in [3.05, 3.63) is 35.3 Å². The minimum Gasteiger partial charge on any atom is -0.464 e. The number of methoxy groups -OCH3 is 1. The zero-order valence-corrected chi connectivity index (χ0v) is 10.6. The Morgan fingerprint density at radius 1 is 1.42 bits per heavy atom. The number of carbonyl (C=O) groups is 1. The van der Waals surface area contributed by atoms with E-state index in [1.807, 2.05) is 12.1 Å². The molecule has 0 bridgehead atoms. The van der Waals surface area contributed by atoms with Crippen molar-refractivity contribution < 1.29 is 9.53 Å². The van der Waals surface area contributed by atoms with Gasteiger partial charge in [0.1, 0.15) is 0 Å². The van der Waals surface area contributed by atoms with Crippen LogP contribution in [0.2, 0.25) is 0 Å². The monoisotopic (exact) mass is 258 g/mol. The molecule has 0 amide bonds. The van der Waals surface area contributed by atoms with Crippen LogP contribution >= 0.6 is 0 Å². The summed E-state index contributed by atoms with van der Waals surface area (Å²) in [7, 11) is 1.37. The van der Waals surface area contributed by atoms with Crippen LogP contribution < -0.4 is 5.32 Å². The lowest BCUT2D eigenvalue weighted by atomic mass is 10.0. The molecule has 0 aliphatic carbocycles. The van der Waals surface area contributed by atoms with Crippen LogP contribution in [0.1, 0.15) is 21.7 Å². The van der Waals surface area contributed by atoms with Gasteiger partial charge in [-0.3, -0.25) is 0 Å². The van der Waals surface area contributed by atoms with Gasteiger partial charge in [0.2, 0.25) is 0 Å². The number of nitrogens with one attached hydrogen (secondary N) is 2. The van der Waals surface area contributed by atoms with E-state index in [4.69, 9.17) is 4.74 Å². The topological polar surface area (TPSA) is 79.9 Å². The van der Waals surface area contributed by atoms with Gasteiger partial charge in [-0.2, -0.15) is 0 Å². The number of esters is 1. The van der Waals surface area contributed by atoms with Crippen LogP contribution in [0.15, 0.2) is 18.3 Å². The van der Waals surface area contributed by atoms with Crippen molar-refractivity contribution in [3.8, 4) is 11.5 Å². The molecule has 3 rings (SSSR count). The van der Waals surface area contributed by atoms with Crippen LogP contribution in [-0.4, -0.2) is 34.6 Å². The predicted octanol–water partition coefficient (Wildman–Crippen LogP) is 0.904. The first kappa shape index (κ1) is 11.9. The standard InChI is InChI=1S/C13H14N4O2/c1-19-13(18)11-8-4-6-14-7-10(8)16-12(17-11)9-3-2-5-15-9/h2-3,5,14-15H,4,6-7H2,1H3. The van der Waals surface area contributed by atoms with Gasteiger partial charge in [-0.15, -0.1) is 0 Å². The molecule has 6 heteroatoms. The SMILES string of the molecule is COC(=O)c1nc(-c2ccc[nH]2)nc2c1CCNC2. The van der Waals surface area contributed by atoms with E-state index < -0.39 is 5.97 Å². The van der Waals surface area contributed by atoms with Crippen LogP contribution in [0, 0.1) is 0 Å². The third-order valence-corrected chi connectivity index (χ3v) is 3.15. The number of ether oxygens (including phenoxy) is 1. The number of hydrogen-bond acceptors (Lipinski definition) is 5.